The first-order chi connectivity index (χ1) is 9.47. The van der Waals surface area contributed by atoms with Crippen molar-refractivity contribution in [1.29, 1.82) is 0 Å². The van der Waals surface area contributed by atoms with E-state index in [0.717, 1.165) is 17.9 Å². The van der Waals surface area contributed by atoms with E-state index >= 15 is 0 Å². The molecule has 0 bridgehead atoms. The molecule has 0 aliphatic heterocycles. The summed E-state index contributed by atoms with van der Waals surface area (Å²) in [4.78, 5) is 13.6. The van der Waals surface area contributed by atoms with Crippen LogP contribution in [0.3, 0.4) is 0 Å². The number of hydrogen-bond acceptors (Lipinski definition) is 4. The van der Waals surface area contributed by atoms with E-state index in [4.69, 9.17) is 10.5 Å². The molecule has 0 saturated carbocycles. The third kappa shape index (κ3) is 4.64. The molecule has 3 N–H and O–H groups in total. The van der Waals surface area contributed by atoms with Gasteiger partial charge in [0.1, 0.15) is 5.75 Å². The van der Waals surface area contributed by atoms with Crippen LogP contribution in [-0.2, 0) is 4.79 Å². The molecular weight excluding hydrogens is 254 g/mol. The van der Waals surface area contributed by atoms with Gasteiger partial charge in [0.25, 0.3) is 0 Å². The van der Waals surface area contributed by atoms with Gasteiger partial charge >= 0.3 is 0 Å². The van der Waals surface area contributed by atoms with Crippen molar-refractivity contribution in [3.05, 3.63) is 18.2 Å². The van der Waals surface area contributed by atoms with Gasteiger partial charge in [0.15, 0.2) is 0 Å². The summed E-state index contributed by atoms with van der Waals surface area (Å²) in [5.41, 5.74) is 7.51. The van der Waals surface area contributed by atoms with Crippen molar-refractivity contribution in [3.8, 4) is 5.75 Å². The molecule has 112 valence electrons. The number of rotatable bonds is 7. The average Bonchev–Trinajstić information content (AvgIpc) is 2.43. The number of carbonyl (C=O) groups excluding carboxylic acids is 1. The van der Waals surface area contributed by atoms with Crippen LogP contribution in [0.5, 0.6) is 5.75 Å². The minimum absolute atomic E-state index is 0.0307. The Morgan fingerprint density at radius 2 is 2.15 bits per heavy atom. The number of hydrogen-bond donors (Lipinski definition) is 2. The van der Waals surface area contributed by atoms with Crippen LogP contribution in [0.25, 0.3) is 0 Å². The summed E-state index contributed by atoms with van der Waals surface area (Å²) in [6.07, 6.45) is 0.952. The van der Waals surface area contributed by atoms with Crippen molar-refractivity contribution >= 4 is 17.3 Å². The second-order valence-electron chi connectivity index (χ2n) is 5.00. The molecular formula is C15H25N3O2. The van der Waals surface area contributed by atoms with E-state index in [2.05, 4.69) is 12.2 Å². The largest absolute Gasteiger partial charge is 0.493 e. The zero-order chi connectivity index (χ0) is 15.1. The lowest BCUT2D eigenvalue weighted by Gasteiger charge is -2.23. The molecule has 5 nitrogen and oxygen atoms in total. The molecule has 0 fully saturated rings. The first-order valence-electron chi connectivity index (χ1n) is 6.94. The van der Waals surface area contributed by atoms with Crippen LogP contribution in [0.4, 0.5) is 11.4 Å². The first-order valence-corrected chi connectivity index (χ1v) is 6.94. The number of benzene rings is 1. The molecule has 5 heteroatoms. The number of anilines is 2. The fraction of sp³-hybridized carbons (Fsp3) is 0.533. The number of nitrogens with zero attached hydrogens (tertiary/aromatic N) is 1. The third-order valence-corrected chi connectivity index (χ3v) is 3.07. The Labute approximate surface area is 121 Å². The zero-order valence-electron chi connectivity index (χ0n) is 12.8. The fourth-order valence-electron chi connectivity index (χ4n) is 1.97. The minimum atomic E-state index is -0.0913. The molecule has 1 aromatic carbocycles. The maximum Gasteiger partial charge on any atom is 0.224 e. The van der Waals surface area contributed by atoms with Gasteiger partial charge in [-0.25, -0.2) is 0 Å². The summed E-state index contributed by atoms with van der Waals surface area (Å²) in [6.45, 7) is 5.25. The lowest BCUT2D eigenvalue weighted by atomic mass is 10.1. The Bertz CT molecular complexity index is 449. The molecule has 0 heterocycles. The highest BCUT2D eigenvalue weighted by Crippen LogP contribution is 2.25. The van der Waals surface area contributed by atoms with Gasteiger partial charge in [-0.1, -0.05) is 13.8 Å². The smallest absolute Gasteiger partial charge is 0.224 e. The van der Waals surface area contributed by atoms with Crippen molar-refractivity contribution in [2.45, 2.75) is 20.3 Å². The Hall–Kier alpha value is -1.91. The maximum atomic E-state index is 11.6. The number of ether oxygens (including phenoxy) is 1. The fourth-order valence-corrected chi connectivity index (χ4v) is 1.97. The van der Waals surface area contributed by atoms with E-state index < -0.39 is 0 Å². The highest BCUT2D eigenvalue weighted by molar-refractivity contribution is 5.78. The van der Waals surface area contributed by atoms with Gasteiger partial charge in [-0.05, 0) is 12.5 Å². The lowest BCUT2D eigenvalue weighted by Crippen LogP contribution is -2.34. The highest BCUT2D eigenvalue weighted by atomic mass is 16.5. The SMILES string of the molecule is CCCOc1cc(N)cc(N(C)CC(C)C(=O)NC)c1. The zero-order valence-corrected chi connectivity index (χ0v) is 12.8. The molecule has 20 heavy (non-hydrogen) atoms. The summed E-state index contributed by atoms with van der Waals surface area (Å²) >= 11 is 0. The second-order valence-corrected chi connectivity index (χ2v) is 5.00. The minimum Gasteiger partial charge on any atom is -0.493 e. The predicted octanol–water partition coefficient (Wildman–Crippen LogP) is 1.88. The molecule has 1 atom stereocenters. The predicted molar refractivity (Wildman–Crippen MR) is 83.1 cm³/mol. The van der Waals surface area contributed by atoms with Crippen molar-refractivity contribution in [2.75, 3.05) is 37.9 Å². The summed E-state index contributed by atoms with van der Waals surface area (Å²) in [6, 6.07) is 5.65. The van der Waals surface area contributed by atoms with E-state index in [9.17, 15) is 4.79 Å². The molecule has 0 aliphatic rings. The van der Waals surface area contributed by atoms with Gasteiger partial charge in [-0.3, -0.25) is 4.79 Å². The second kappa shape index (κ2) is 7.62. The Balaban J connectivity index is 2.78. The van der Waals surface area contributed by atoms with Crippen molar-refractivity contribution in [3.63, 3.8) is 0 Å². The van der Waals surface area contributed by atoms with Crippen molar-refractivity contribution < 1.29 is 9.53 Å². The van der Waals surface area contributed by atoms with Crippen LogP contribution >= 0.6 is 0 Å². The van der Waals surface area contributed by atoms with E-state index in [1.165, 1.54) is 0 Å². The molecule has 0 radical (unpaired) electrons. The van der Waals surface area contributed by atoms with Crippen LogP contribution in [0.1, 0.15) is 20.3 Å². The summed E-state index contributed by atoms with van der Waals surface area (Å²) in [5.74, 6) is 0.705. The van der Waals surface area contributed by atoms with Crippen molar-refractivity contribution in [2.24, 2.45) is 5.92 Å². The van der Waals surface area contributed by atoms with E-state index in [0.29, 0.717) is 18.8 Å². The summed E-state index contributed by atoms with van der Waals surface area (Å²) < 4.78 is 5.61. The number of nitrogen functional groups attached to an aromatic ring is 1. The van der Waals surface area contributed by atoms with Crippen LogP contribution in [0, 0.1) is 5.92 Å². The molecule has 1 rings (SSSR count). The number of carbonyl (C=O) groups is 1. The molecule has 0 aromatic heterocycles. The number of nitrogens with two attached hydrogens (primary N) is 1. The standard InChI is InChI=1S/C15H25N3O2/c1-5-6-20-14-8-12(16)7-13(9-14)18(4)10-11(2)15(19)17-3/h7-9,11H,5-6,10,16H2,1-4H3,(H,17,19). The molecule has 0 saturated heterocycles. The van der Waals surface area contributed by atoms with Crippen LogP contribution < -0.4 is 20.7 Å². The van der Waals surface area contributed by atoms with Crippen molar-refractivity contribution in [1.82, 2.24) is 5.32 Å². The maximum absolute atomic E-state index is 11.6. The number of amides is 1. The molecule has 1 amide bonds. The highest BCUT2D eigenvalue weighted by Gasteiger charge is 2.14. The van der Waals surface area contributed by atoms with Crippen LogP contribution in [0.2, 0.25) is 0 Å². The molecule has 1 unspecified atom stereocenters. The Morgan fingerprint density at radius 1 is 1.45 bits per heavy atom. The van der Waals surface area contributed by atoms with Gasteiger partial charge in [-0.2, -0.15) is 0 Å². The summed E-state index contributed by atoms with van der Waals surface area (Å²) in [7, 11) is 3.59. The monoisotopic (exact) mass is 279 g/mol. The van der Waals surface area contributed by atoms with E-state index in [1.807, 2.05) is 37.1 Å². The van der Waals surface area contributed by atoms with Gasteiger partial charge in [0.05, 0.1) is 12.5 Å². The average molecular weight is 279 g/mol. The third-order valence-electron chi connectivity index (χ3n) is 3.07. The van der Waals surface area contributed by atoms with Gasteiger partial charge < -0.3 is 20.7 Å². The van der Waals surface area contributed by atoms with E-state index in [-0.39, 0.29) is 11.8 Å². The normalized spacial score (nSPS) is 11.8. The Morgan fingerprint density at radius 3 is 2.75 bits per heavy atom. The number of nitrogens with one attached hydrogen (secondary N) is 1. The van der Waals surface area contributed by atoms with Crippen LogP contribution in [-0.4, -0.2) is 33.2 Å². The van der Waals surface area contributed by atoms with Gasteiger partial charge in [0.2, 0.25) is 5.91 Å². The van der Waals surface area contributed by atoms with Gasteiger partial charge in [0, 0.05) is 44.1 Å². The quantitative estimate of drug-likeness (QED) is 0.748. The Kier molecular flexibility index (Phi) is 6.15. The van der Waals surface area contributed by atoms with Crippen LogP contribution in [0.15, 0.2) is 18.2 Å². The lowest BCUT2D eigenvalue weighted by molar-refractivity contribution is -0.123. The molecule has 0 aliphatic carbocycles. The topological polar surface area (TPSA) is 67.6 Å². The summed E-state index contributed by atoms with van der Waals surface area (Å²) in [5, 5.41) is 2.66. The van der Waals surface area contributed by atoms with E-state index in [1.54, 1.807) is 7.05 Å². The van der Waals surface area contributed by atoms with Gasteiger partial charge in [-0.15, -0.1) is 0 Å². The first kappa shape index (κ1) is 16.1. The molecule has 0 spiro atoms. The molecule has 1 aromatic rings.